The van der Waals surface area contributed by atoms with E-state index in [2.05, 4.69) is 16.9 Å². The number of pyridine rings is 1. The number of aromatic nitrogens is 3. The molecule has 0 bridgehead atoms. The average Bonchev–Trinajstić information content (AvgIpc) is 2.88. The smallest absolute Gasteiger partial charge is 0.261 e. The molecule has 0 radical (unpaired) electrons. The molecular weight excluding hydrogens is 453 g/mol. The van der Waals surface area contributed by atoms with Crippen LogP contribution in [-0.2, 0) is 12.8 Å². The summed E-state index contributed by atoms with van der Waals surface area (Å²) < 4.78 is 15.7. The minimum Gasteiger partial charge on any atom is -0.493 e. The summed E-state index contributed by atoms with van der Waals surface area (Å²) in [5.74, 6) is -0.0461. The lowest BCUT2D eigenvalue weighted by Crippen LogP contribution is -2.32. The number of unbranched alkanes of at least 4 members (excludes halogenated alkanes) is 1. The Morgan fingerprint density at radius 1 is 1.06 bits per heavy atom. The van der Waals surface area contributed by atoms with Crippen LogP contribution in [0.15, 0.2) is 71.7 Å². The first-order chi connectivity index (χ1) is 17.4. The lowest BCUT2D eigenvalue weighted by Gasteiger charge is -2.23. The van der Waals surface area contributed by atoms with Crippen LogP contribution < -0.4 is 5.56 Å². The van der Waals surface area contributed by atoms with E-state index < -0.39 is 0 Å². The van der Waals surface area contributed by atoms with Crippen molar-refractivity contribution in [3.63, 3.8) is 0 Å². The summed E-state index contributed by atoms with van der Waals surface area (Å²) in [7, 11) is 0. The molecule has 36 heavy (non-hydrogen) atoms. The maximum atomic E-state index is 14.0. The normalized spacial score (nSPS) is 12.0. The van der Waals surface area contributed by atoms with Crippen LogP contribution in [0, 0.1) is 12.7 Å². The Bertz CT molecular complexity index is 1400. The zero-order valence-corrected chi connectivity index (χ0v) is 21.0. The third-order valence-electron chi connectivity index (χ3n) is 6.60. The molecule has 6 heteroatoms. The molecule has 0 unspecified atom stereocenters. The van der Waals surface area contributed by atoms with Gasteiger partial charge in [0.1, 0.15) is 11.6 Å². The van der Waals surface area contributed by atoms with Crippen molar-refractivity contribution in [2.45, 2.75) is 58.9 Å². The molecule has 1 atom stereocenters. The standard InChI is InChI=1S/C30H32FN3O2/c1-4-6-12-28-33-29(35)26(30(36)34(28)27(5-2)23-9-7-10-24(31)19-23)18-21-13-15-22(16-14-21)25-11-8-17-32-20(25)3/h7-11,13-17,19,27,35H,4-6,12,18H2,1-3H3/t27-/m0/s1. The molecule has 2 heterocycles. The lowest BCUT2D eigenvalue weighted by molar-refractivity contribution is 0.420. The van der Waals surface area contributed by atoms with Crippen LogP contribution in [0.1, 0.15) is 67.4 Å². The van der Waals surface area contributed by atoms with Gasteiger partial charge in [-0.2, -0.15) is 4.98 Å². The SMILES string of the molecule is CCCCc1nc(O)c(Cc2ccc(-c3cccnc3C)cc2)c(=O)n1[C@@H](CC)c1cccc(F)c1. The van der Waals surface area contributed by atoms with Gasteiger partial charge in [-0.3, -0.25) is 14.3 Å². The van der Waals surface area contributed by atoms with Crippen molar-refractivity contribution >= 4 is 0 Å². The first-order valence-corrected chi connectivity index (χ1v) is 12.5. The first-order valence-electron chi connectivity index (χ1n) is 12.5. The Labute approximate surface area is 211 Å². The fourth-order valence-corrected chi connectivity index (χ4v) is 4.67. The minimum absolute atomic E-state index is 0.233. The average molecular weight is 486 g/mol. The summed E-state index contributed by atoms with van der Waals surface area (Å²) in [6, 6.07) is 17.8. The van der Waals surface area contributed by atoms with Gasteiger partial charge in [0.05, 0.1) is 11.6 Å². The number of aryl methyl sites for hydroxylation is 2. The van der Waals surface area contributed by atoms with Crippen LogP contribution in [-0.4, -0.2) is 19.6 Å². The van der Waals surface area contributed by atoms with Gasteiger partial charge in [0.2, 0.25) is 5.88 Å². The largest absolute Gasteiger partial charge is 0.493 e. The summed E-state index contributed by atoms with van der Waals surface area (Å²) in [5.41, 5.74) is 4.61. The number of nitrogens with zero attached hydrogens (tertiary/aromatic N) is 3. The number of aromatic hydroxyl groups is 1. The van der Waals surface area contributed by atoms with Crippen molar-refractivity contribution in [2.75, 3.05) is 0 Å². The molecule has 5 nitrogen and oxygen atoms in total. The Balaban J connectivity index is 1.75. The molecule has 0 saturated carbocycles. The summed E-state index contributed by atoms with van der Waals surface area (Å²) >= 11 is 0. The van der Waals surface area contributed by atoms with Gasteiger partial charge in [0, 0.05) is 30.3 Å². The molecule has 0 aliphatic carbocycles. The second-order valence-corrected chi connectivity index (χ2v) is 9.10. The molecule has 0 fully saturated rings. The Morgan fingerprint density at radius 2 is 1.83 bits per heavy atom. The highest BCUT2D eigenvalue weighted by Gasteiger charge is 2.23. The quantitative estimate of drug-likeness (QED) is 0.298. The third kappa shape index (κ3) is 5.38. The molecule has 0 amide bonds. The zero-order chi connectivity index (χ0) is 25.7. The molecule has 4 rings (SSSR count). The highest BCUT2D eigenvalue weighted by molar-refractivity contribution is 5.65. The Hall–Kier alpha value is -3.80. The predicted molar refractivity (Wildman–Crippen MR) is 141 cm³/mol. The van der Waals surface area contributed by atoms with Crippen molar-refractivity contribution in [3.05, 3.63) is 111 Å². The van der Waals surface area contributed by atoms with Gasteiger partial charge in [0.15, 0.2) is 0 Å². The van der Waals surface area contributed by atoms with Gasteiger partial charge in [-0.1, -0.05) is 62.7 Å². The summed E-state index contributed by atoms with van der Waals surface area (Å²) in [6.45, 7) is 6.01. The van der Waals surface area contributed by atoms with E-state index in [1.807, 2.05) is 56.3 Å². The van der Waals surface area contributed by atoms with Crippen molar-refractivity contribution in [3.8, 4) is 17.0 Å². The molecule has 0 saturated heterocycles. The summed E-state index contributed by atoms with van der Waals surface area (Å²) in [4.78, 5) is 22.7. The number of benzene rings is 2. The van der Waals surface area contributed by atoms with Crippen LogP contribution in [0.5, 0.6) is 5.88 Å². The maximum absolute atomic E-state index is 14.0. The molecule has 1 N–H and O–H groups in total. The van der Waals surface area contributed by atoms with Crippen molar-refractivity contribution in [1.29, 1.82) is 0 Å². The van der Waals surface area contributed by atoms with Gasteiger partial charge in [-0.05, 0) is 54.7 Å². The summed E-state index contributed by atoms with van der Waals surface area (Å²) in [5, 5.41) is 10.8. The number of halogens is 1. The minimum atomic E-state index is -0.372. The van der Waals surface area contributed by atoms with E-state index in [1.165, 1.54) is 12.1 Å². The number of rotatable bonds is 9. The molecule has 2 aromatic carbocycles. The molecule has 0 aliphatic heterocycles. The van der Waals surface area contributed by atoms with E-state index in [0.717, 1.165) is 35.2 Å². The Kier molecular flexibility index (Phi) is 7.93. The maximum Gasteiger partial charge on any atom is 0.261 e. The molecule has 0 spiro atoms. The lowest BCUT2D eigenvalue weighted by atomic mass is 9.99. The van der Waals surface area contributed by atoms with Crippen LogP contribution in [0.25, 0.3) is 11.1 Å². The van der Waals surface area contributed by atoms with Crippen molar-refractivity contribution in [2.24, 2.45) is 0 Å². The number of hydrogen-bond donors (Lipinski definition) is 1. The van der Waals surface area contributed by atoms with E-state index in [4.69, 9.17) is 0 Å². The van der Waals surface area contributed by atoms with Crippen LogP contribution in [0.2, 0.25) is 0 Å². The monoisotopic (exact) mass is 485 g/mol. The van der Waals surface area contributed by atoms with E-state index in [0.29, 0.717) is 24.2 Å². The van der Waals surface area contributed by atoms with Crippen molar-refractivity contribution in [1.82, 2.24) is 14.5 Å². The molecule has 4 aromatic rings. The number of hydrogen-bond acceptors (Lipinski definition) is 4. The predicted octanol–water partition coefficient (Wildman–Crippen LogP) is 6.39. The van der Waals surface area contributed by atoms with E-state index in [1.54, 1.807) is 16.8 Å². The molecule has 186 valence electrons. The van der Waals surface area contributed by atoms with Gasteiger partial charge in [-0.15, -0.1) is 0 Å². The van der Waals surface area contributed by atoms with E-state index in [-0.39, 0.29) is 35.3 Å². The summed E-state index contributed by atoms with van der Waals surface area (Å²) in [6.07, 6.45) is 4.93. The van der Waals surface area contributed by atoms with Crippen molar-refractivity contribution < 1.29 is 9.50 Å². The van der Waals surface area contributed by atoms with Crippen LogP contribution >= 0.6 is 0 Å². The first kappa shape index (κ1) is 25.3. The van der Waals surface area contributed by atoms with E-state index >= 15 is 0 Å². The fraction of sp³-hybridized carbons (Fsp3) is 0.300. The van der Waals surface area contributed by atoms with Gasteiger partial charge < -0.3 is 5.11 Å². The second kappa shape index (κ2) is 11.3. The fourth-order valence-electron chi connectivity index (χ4n) is 4.67. The molecule has 0 aliphatic rings. The van der Waals surface area contributed by atoms with Gasteiger partial charge in [-0.25, -0.2) is 4.39 Å². The Morgan fingerprint density at radius 3 is 2.50 bits per heavy atom. The van der Waals surface area contributed by atoms with Crippen LogP contribution in [0.4, 0.5) is 4.39 Å². The molecule has 2 aromatic heterocycles. The van der Waals surface area contributed by atoms with Crippen LogP contribution in [0.3, 0.4) is 0 Å². The van der Waals surface area contributed by atoms with Gasteiger partial charge in [0.25, 0.3) is 5.56 Å². The highest BCUT2D eigenvalue weighted by Crippen LogP contribution is 2.27. The van der Waals surface area contributed by atoms with Gasteiger partial charge >= 0.3 is 0 Å². The third-order valence-corrected chi connectivity index (χ3v) is 6.60. The molecular formula is C30H32FN3O2. The second-order valence-electron chi connectivity index (χ2n) is 9.10. The zero-order valence-electron chi connectivity index (χ0n) is 21.0. The topological polar surface area (TPSA) is 68.0 Å². The van der Waals surface area contributed by atoms with E-state index in [9.17, 15) is 14.3 Å². The highest BCUT2D eigenvalue weighted by atomic mass is 19.1.